The molecule has 0 aliphatic rings. The first-order chi connectivity index (χ1) is 19.4. The average molecular weight is 550 g/mol. The number of carbonyl (C=O) groups excluding carboxylic acids is 3. The fraction of sp³-hybridized carbons (Fsp3) is 0.121. The maximum atomic E-state index is 13.4. The van der Waals surface area contributed by atoms with Crippen LogP contribution in [0.1, 0.15) is 41.3 Å². The van der Waals surface area contributed by atoms with Gasteiger partial charge in [0.1, 0.15) is 5.70 Å². The van der Waals surface area contributed by atoms with Crippen LogP contribution >= 0.6 is 11.8 Å². The second kappa shape index (κ2) is 14.0. The quantitative estimate of drug-likeness (QED) is 0.148. The number of carbonyl (C=O) groups is 3. The molecule has 0 spiro atoms. The van der Waals surface area contributed by atoms with Crippen LogP contribution in [0.4, 0.5) is 11.4 Å². The Balaban J connectivity index is 1.47. The summed E-state index contributed by atoms with van der Waals surface area (Å²) in [5, 5.41) is 8.51. The van der Waals surface area contributed by atoms with Gasteiger partial charge in [0.25, 0.3) is 11.8 Å². The van der Waals surface area contributed by atoms with Gasteiger partial charge < -0.3 is 16.0 Å². The van der Waals surface area contributed by atoms with E-state index in [-0.39, 0.29) is 23.3 Å². The maximum Gasteiger partial charge on any atom is 0.272 e. The van der Waals surface area contributed by atoms with Crippen molar-refractivity contribution in [2.45, 2.75) is 24.7 Å². The van der Waals surface area contributed by atoms with Crippen molar-refractivity contribution in [2.75, 3.05) is 16.4 Å². The minimum atomic E-state index is -0.457. The lowest BCUT2D eigenvalue weighted by Crippen LogP contribution is -2.30. The molecule has 0 atom stereocenters. The van der Waals surface area contributed by atoms with Crippen LogP contribution in [-0.2, 0) is 9.59 Å². The Kier molecular flexibility index (Phi) is 9.91. The van der Waals surface area contributed by atoms with E-state index in [9.17, 15) is 14.4 Å². The van der Waals surface area contributed by atoms with Crippen LogP contribution in [-0.4, -0.2) is 23.5 Å². The normalized spacial score (nSPS) is 11.1. The highest BCUT2D eigenvalue weighted by Gasteiger charge is 2.16. The Morgan fingerprint density at radius 1 is 0.750 bits per heavy atom. The Labute approximate surface area is 238 Å². The van der Waals surface area contributed by atoms with Crippen molar-refractivity contribution in [1.29, 1.82) is 0 Å². The Morgan fingerprint density at radius 3 is 2.08 bits per heavy atom. The SMILES string of the molecule is CC(C)c1ccc(/C=C(/NC(=O)c2ccccc2)C(=O)Nc2cccc(SCC(=O)Nc3ccccc3)c2)cc1. The fourth-order valence-electron chi connectivity index (χ4n) is 3.82. The van der Waals surface area contributed by atoms with Gasteiger partial charge in [0.05, 0.1) is 5.75 Å². The fourth-order valence-corrected chi connectivity index (χ4v) is 4.57. The first-order valence-electron chi connectivity index (χ1n) is 12.9. The summed E-state index contributed by atoms with van der Waals surface area (Å²) in [5.41, 5.74) is 3.83. The van der Waals surface area contributed by atoms with Gasteiger partial charge in [-0.2, -0.15) is 0 Å². The Morgan fingerprint density at radius 2 is 1.40 bits per heavy atom. The highest BCUT2D eigenvalue weighted by Crippen LogP contribution is 2.23. The second-order valence-corrected chi connectivity index (χ2v) is 10.4. The lowest BCUT2D eigenvalue weighted by Gasteiger charge is -2.13. The number of amides is 3. The molecule has 0 aliphatic carbocycles. The largest absolute Gasteiger partial charge is 0.325 e. The van der Waals surface area contributed by atoms with E-state index in [1.165, 1.54) is 17.3 Å². The first kappa shape index (κ1) is 28.4. The lowest BCUT2D eigenvalue weighted by atomic mass is 10.0. The van der Waals surface area contributed by atoms with Crippen molar-refractivity contribution in [3.05, 3.63) is 132 Å². The summed E-state index contributed by atoms with van der Waals surface area (Å²) < 4.78 is 0. The van der Waals surface area contributed by atoms with E-state index in [0.29, 0.717) is 17.2 Å². The van der Waals surface area contributed by atoms with E-state index < -0.39 is 5.91 Å². The molecule has 0 bridgehead atoms. The minimum Gasteiger partial charge on any atom is -0.325 e. The average Bonchev–Trinajstić information content (AvgIpc) is 2.97. The van der Waals surface area contributed by atoms with Crippen LogP contribution in [0, 0.1) is 0 Å². The van der Waals surface area contributed by atoms with Gasteiger partial charge in [-0.05, 0) is 65.6 Å². The molecule has 6 nitrogen and oxygen atoms in total. The smallest absolute Gasteiger partial charge is 0.272 e. The van der Waals surface area contributed by atoms with E-state index in [0.717, 1.165) is 16.1 Å². The molecule has 3 N–H and O–H groups in total. The summed E-state index contributed by atoms with van der Waals surface area (Å²) in [4.78, 5) is 39.4. The van der Waals surface area contributed by atoms with Crippen molar-refractivity contribution in [1.82, 2.24) is 5.32 Å². The van der Waals surface area contributed by atoms with E-state index in [1.54, 1.807) is 42.5 Å². The van der Waals surface area contributed by atoms with E-state index in [2.05, 4.69) is 29.8 Å². The number of para-hydroxylation sites is 1. The molecule has 202 valence electrons. The first-order valence-corrected chi connectivity index (χ1v) is 13.9. The molecule has 0 radical (unpaired) electrons. The summed E-state index contributed by atoms with van der Waals surface area (Å²) >= 11 is 1.36. The molecule has 0 saturated heterocycles. The van der Waals surface area contributed by atoms with Gasteiger partial charge in [-0.25, -0.2) is 0 Å². The third-order valence-electron chi connectivity index (χ3n) is 5.96. The minimum absolute atomic E-state index is 0.117. The van der Waals surface area contributed by atoms with Crippen LogP contribution in [0.2, 0.25) is 0 Å². The molecular formula is C33H31N3O3S. The van der Waals surface area contributed by atoms with Gasteiger partial charge in [0.2, 0.25) is 5.91 Å². The maximum absolute atomic E-state index is 13.4. The van der Waals surface area contributed by atoms with Gasteiger partial charge in [0, 0.05) is 21.8 Å². The molecule has 0 aromatic heterocycles. The molecule has 0 aliphatic heterocycles. The van der Waals surface area contributed by atoms with Crippen LogP contribution in [0.15, 0.2) is 120 Å². The summed E-state index contributed by atoms with van der Waals surface area (Å²) in [6.45, 7) is 4.23. The Bertz CT molecular complexity index is 1480. The predicted molar refractivity (Wildman–Crippen MR) is 163 cm³/mol. The predicted octanol–water partition coefficient (Wildman–Crippen LogP) is 6.95. The van der Waals surface area contributed by atoms with Crippen LogP contribution in [0.25, 0.3) is 6.08 Å². The number of hydrogen-bond acceptors (Lipinski definition) is 4. The van der Waals surface area contributed by atoms with E-state index in [1.807, 2.05) is 72.8 Å². The zero-order valence-corrected chi connectivity index (χ0v) is 23.2. The summed E-state index contributed by atoms with van der Waals surface area (Å²) in [7, 11) is 0. The summed E-state index contributed by atoms with van der Waals surface area (Å²) in [6.07, 6.45) is 1.66. The van der Waals surface area contributed by atoms with Crippen molar-refractivity contribution >= 4 is 46.9 Å². The third-order valence-corrected chi connectivity index (χ3v) is 6.96. The number of anilines is 2. The zero-order chi connectivity index (χ0) is 28.3. The number of benzene rings is 4. The van der Waals surface area contributed by atoms with Gasteiger partial charge in [-0.3, -0.25) is 14.4 Å². The molecule has 0 saturated carbocycles. The van der Waals surface area contributed by atoms with Crippen molar-refractivity contribution < 1.29 is 14.4 Å². The number of rotatable bonds is 10. The van der Waals surface area contributed by atoms with E-state index >= 15 is 0 Å². The molecule has 4 aromatic rings. The molecule has 4 rings (SSSR count). The molecule has 0 heterocycles. The highest BCUT2D eigenvalue weighted by molar-refractivity contribution is 8.00. The van der Waals surface area contributed by atoms with Gasteiger partial charge in [0.15, 0.2) is 0 Å². The zero-order valence-electron chi connectivity index (χ0n) is 22.4. The van der Waals surface area contributed by atoms with E-state index in [4.69, 9.17) is 0 Å². The van der Waals surface area contributed by atoms with Crippen LogP contribution in [0.3, 0.4) is 0 Å². The molecule has 0 unspecified atom stereocenters. The molecule has 0 fully saturated rings. The van der Waals surface area contributed by atoms with Crippen molar-refractivity contribution in [3.63, 3.8) is 0 Å². The van der Waals surface area contributed by atoms with Crippen molar-refractivity contribution in [2.24, 2.45) is 0 Å². The highest BCUT2D eigenvalue weighted by atomic mass is 32.2. The van der Waals surface area contributed by atoms with Crippen LogP contribution in [0.5, 0.6) is 0 Å². The third kappa shape index (κ3) is 8.44. The standard InChI is InChI=1S/C33H31N3O3S/c1-23(2)25-18-16-24(17-19-25)20-30(36-32(38)26-10-5-3-6-11-26)33(39)35-28-14-9-15-29(21-28)40-22-31(37)34-27-12-7-4-8-13-27/h3-21,23H,22H2,1-2H3,(H,34,37)(H,35,39)(H,36,38)/b30-20+. The Hall–Kier alpha value is -4.62. The molecule has 3 amide bonds. The lowest BCUT2D eigenvalue weighted by molar-refractivity contribution is -0.114. The summed E-state index contributed by atoms with van der Waals surface area (Å²) in [6, 6.07) is 33.2. The molecule has 7 heteroatoms. The number of nitrogens with one attached hydrogen (secondary N) is 3. The molecular weight excluding hydrogens is 518 g/mol. The second-order valence-electron chi connectivity index (χ2n) is 9.38. The van der Waals surface area contributed by atoms with Gasteiger partial charge >= 0.3 is 0 Å². The monoisotopic (exact) mass is 549 g/mol. The van der Waals surface area contributed by atoms with Gasteiger partial charge in [-0.15, -0.1) is 11.8 Å². The summed E-state index contributed by atoms with van der Waals surface area (Å²) in [5.74, 6) is -0.358. The number of thioether (sulfide) groups is 1. The number of hydrogen-bond donors (Lipinski definition) is 3. The van der Waals surface area contributed by atoms with Gasteiger partial charge in [-0.1, -0.05) is 80.6 Å². The molecule has 40 heavy (non-hydrogen) atoms. The van der Waals surface area contributed by atoms with Crippen LogP contribution < -0.4 is 16.0 Å². The topological polar surface area (TPSA) is 87.3 Å². The van der Waals surface area contributed by atoms with Crippen molar-refractivity contribution in [3.8, 4) is 0 Å². The molecule has 4 aromatic carbocycles.